The number of aromatic amines is 1. The lowest BCUT2D eigenvalue weighted by Crippen LogP contribution is -2.34. The number of amides is 1. The first kappa shape index (κ1) is 20.1. The first-order chi connectivity index (χ1) is 15.2. The molecule has 1 amide bonds. The maximum atomic E-state index is 13.3. The molecule has 1 saturated heterocycles. The molecule has 0 aliphatic carbocycles. The number of aromatic nitrogens is 3. The number of imidazole rings is 1. The molecular weight excluding hydrogens is 476 g/mol. The van der Waals surface area contributed by atoms with Crippen molar-refractivity contribution in [2.45, 2.75) is 18.0 Å². The summed E-state index contributed by atoms with van der Waals surface area (Å²) in [5.41, 5.74) is 3.76. The van der Waals surface area contributed by atoms with E-state index in [1.807, 2.05) is 60.7 Å². The maximum Gasteiger partial charge on any atom is 0.411 e. The van der Waals surface area contributed by atoms with E-state index in [4.69, 9.17) is 9.72 Å². The van der Waals surface area contributed by atoms with Gasteiger partial charge in [-0.2, -0.15) is 0 Å². The third-order valence-electron chi connectivity index (χ3n) is 5.19. The second-order valence-corrected chi connectivity index (χ2v) is 9.24. The second-order valence-electron chi connectivity index (χ2n) is 7.21. The van der Waals surface area contributed by atoms with E-state index in [1.165, 1.54) is 0 Å². The molecule has 1 aliphatic heterocycles. The first-order valence-corrected chi connectivity index (χ1v) is 11.7. The van der Waals surface area contributed by atoms with Gasteiger partial charge in [-0.25, -0.2) is 9.78 Å². The molecular formula is C23H19BrN4O2S. The summed E-state index contributed by atoms with van der Waals surface area (Å²) >= 11 is 5.20. The van der Waals surface area contributed by atoms with Crippen molar-refractivity contribution in [3.8, 4) is 0 Å². The molecule has 1 aliphatic rings. The summed E-state index contributed by atoms with van der Waals surface area (Å²) in [6, 6.07) is 19.3. The van der Waals surface area contributed by atoms with Crippen LogP contribution in [0.2, 0.25) is 0 Å². The number of H-pyrrole nitrogens is 1. The molecule has 6 nitrogen and oxygen atoms in total. The zero-order valence-electron chi connectivity index (χ0n) is 16.4. The Morgan fingerprint density at radius 3 is 2.77 bits per heavy atom. The Balaban J connectivity index is 1.46. The average Bonchev–Trinajstić information content (AvgIpc) is 3.42. The summed E-state index contributed by atoms with van der Waals surface area (Å²) in [4.78, 5) is 27.3. The van der Waals surface area contributed by atoms with Gasteiger partial charge in [0.05, 0.1) is 11.0 Å². The van der Waals surface area contributed by atoms with Gasteiger partial charge < -0.3 is 9.72 Å². The highest BCUT2D eigenvalue weighted by atomic mass is 79.9. The van der Waals surface area contributed by atoms with Gasteiger partial charge in [-0.05, 0) is 41.5 Å². The number of ether oxygens (including phenoxy) is 1. The van der Waals surface area contributed by atoms with Crippen molar-refractivity contribution < 1.29 is 9.53 Å². The lowest BCUT2D eigenvalue weighted by Gasteiger charge is -2.27. The number of nitrogens with one attached hydrogen (secondary N) is 1. The standard InChI is InChI=1S/C23H19BrN4O2S/c24-17-6-7-18-19(12-17)27-21(26-18)20-14-31-22(16-8-10-25-11-9-16)28(20)23(29)30-13-15-4-2-1-3-5-15/h1-12,20,22H,13-14H2,(H,26,27). The Labute approximate surface area is 192 Å². The number of carbonyl (C=O) groups is 1. The van der Waals surface area contributed by atoms with Gasteiger partial charge in [-0.3, -0.25) is 9.88 Å². The number of thioether (sulfide) groups is 1. The van der Waals surface area contributed by atoms with Crippen LogP contribution in [0.25, 0.3) is 11.0 Å². The van der Waals surface area contributed by atoms with Gasteiger partial charge in [0.2, 0.25) is 0 Å². The fourth-order valence-corrected chi connectivity index (χ4v) is 5.47. The van der Waals surface area contributed by atoms with Crippen molar-refractivity contribution >= 4 is 44.8 Å². The van der Waals surface area contributed by atoms with Crippen molar-refractivity contribution in [3.05, 3.63) is 94.5 Å². The summed E-state index contributed by atoms with van der Waals surface area (Å²) < 4.78 is 6.69. The summed E-state index contributed by atoms with van der Waals surface area (Å²) in [5, 5.41) is -0.170. The van der Waals surface area contributed by atoms with E-state index in [1.54, 1.807) is 29.1 Å². The largest absolute Gasteiger partial charge is 0.444 e. The lowest BCUT2D eigenvalue weighted by atomic mass is 10.2. The molecule has 2 unspecified atom stereocenters. The summed E-state index contributed by atoms with van der Waals surface area (Å²) in [6.07, 6.45) is 3.13. The van der Waals surface area contributed by atoms with Crippen LogP contribution < -0.4 is 0 Å². The average molecular weight is 495 g/mol. The number of nitrogens with zero attached hydrogens (tertiary/aromatic N) is 3. The number of pyridine rings is 1. The highest BCUT2D eigenvalue weighted by Crippen LogP contribution is 2.47. The molecule has 0 spiro atoms. The molecule has 0 saturated carbocycles. The number of halogens is 1. The second kappa shape index (κ2) is 8.72. The number of carbonyl (C=O) groups excluding carboxylic acids is 1. The minimum absolute atomic E-state index is 0.170. The molecule has 0 radical (unpaired) electrons. The van der Waals surface area contributed by atoms with Gasteiger partial charge in [0.25, 0.3) is 0 Å². The van der Waals surface area contributed by atoms with E-state index < -0.39 is 0 Å². The van der Waals surface area contributed by atoms with Gasteiger partial charge in [0.1, 0.15) is 23.8 Å². The molecule has 2 atom stereocenters. The van der Waals surface area contributed by atoms with Crippen LogP contribution in [0.15, 0.2) is 77.5 Å². The van der Waals surface area contributed by atoms with Crippen LogP contribution in [0.4, 0.5) is 4.79 Å². The fraction of sp³-hybridized carbons (Fsp3) is 0.174. The minimum Gasteiger partial charge on any atom is -0.444 e. The topological polar surface area (TPSA) is 71.1 Å². The molecule has 4 aromatic rings. The number of benzene rings is 2. The first-order valence-electron chi connectivity index (χ1n) is 9.85. The lowest BCUT2D eigenvalue weighted by molar-refractivity contribution is 0.0818. The van der Waals surface area contributed by atoms with Gasteiger partial charge in [-0.15, -0.1) is 11.8 Å². The van der Waals surface area contributed by atoms with Crippen LogP contribution in [-0.2, 0) is 11.3 Å². The Morgan fingerprint density at radius 1 is 1.16 bits per heavy atom. The predicted octanol–water partition coefficient (Wildman–Crippen LogP) is 5.85. The summed E-state index contributed by atoms with van der Waals surface area (Å²) in [5.74, 6) is 1.47. The molecule has 1 fully saturated rings. The Kier molecular flexibility index (Phi) is 5.65. The number of fused-ring (bicyclic) bond motifs is 1. The van der Waals surface area contributed by atoms with E-state index >= 15 is 0 Å². The smallest absolute Gasteiger partial charge is 0.411 e. The van der Waals surface area contributed by atoms with Crippen LogP contribution >= 0.6 is 27.7 Å². The highest BCUT2D eigenvalue weighted by molar-refractivity contribution is 9.10. The van der Waals surface area contributed by atoms with Crippen LogP contribution in [0, 0.1) is 0 Å². The molecule has 1 N–H and O–H groups in total. The minimum atomic E-state index is -0.359. The van der Waals surface area contributed by atoms with Crippen LogP contribution in [-0.4, -0.2) is 31.7 Å². The fourth-order valence-electron chi connectivity index (χ4n) is 3.68. The quantitative estimate of drug-likeness (QED) is 0.385. The summed E-state index contributed by atoms with van der Waals surface area (Å²) in [6.45, 7) is 0.226. The van der Waals surface area contributed by atoms with E-state index in [-0.39, 0.29) is 24.1 Å². The Hall–Kier alpha value is -2.84. The van der Waals surface area contributed by atoms with E-state index in [0.717, 1.165) is 32.5 Å². The predicted molar refractivity (Wildman–Crippen MR) is 124 cm³/mol. The monoisotopic (exact) mass is 494 g/mol. The van der Waals surface area contributed by atoms with Gasteiger partial charge in [0, 0.05) is 22.6 Å². The molecule has 3 heterocycles. The van der Waals surface area contributed by atoms with Crippen molar-refractivity contribution in [1.82, 2.24) is 19.9 Å². The molecule has 5 rings (SSSR count). The number of hydrogen-bond donors (Lipinski definition) is 1. The molecule has 31 heavy (non-hydrogen) atoms. The third kappa shape index (κ3) is 4.18. The highest BCUT2D eigenvalue weighted by Gasteiger charge is 2.42. The van der Waals surface area contributed by atoms with E-state index in [0.29, 0.717) is 5.75 Å². The van der Waals surface area contributed by atoms with Crippen LogP contribution in [0.1, 0.15) is 28.4 Å². The number of rotatable bonds is 4. The molecule has 8 heteroatoms. The van der Waals surface area contributed by atoms with Crippen LogP contribution in [0.3, 0.4) is 0 Å². The zero-order chi connectivity index (χ0) is 21.2. The van der Waals surface area contributed by atoms with Gasteiger partial charge >= 0.3 is 6.09 Å². The zero-order valence-corrected chi connectivity index (χ0v) is 18.8. The van der Waals surface area contributed by atoms with Gasteiger partial charge in [-0.1, -0.05) is 46.3 Å². The van der Waals surface area contributed by atoms with E-state index in [9.17, 15) is 4.79 Å². The molecule has 0 bridgehead atoms. The Morgan fingerprint density at radius 2 is 1.97 bits per heavy atom. The third-order valence-corrected chi connectivity index (χ3v) is 7.00. The molecule has 2 aromatic heterocycles. The van der Waals surface area contributed by atoms with Gasteiger partial charge in [0.15, 0.2) is 0 Å². The van der Waals surface area contributed by atoms with Crippen molar-refractivity contribution in [2.75, 3.05) is 5.75 Å². The molecule has 156 valence electrons. The van der Waals surface area contributed by atoms with Crippen LogP contribution in [0.5, 0.6) is 0 Å². The van der Waals surface area contributed by atoms with Crippen molar-refractivity contribution in [2.24, 2.45) is 0 Å². The summed E-state index contributed by atoms with van der Waals surface area (Å²) in [7, 11) is 0. The Bertz CT molecular complexity index is 1200. The molecule has 2 aromatic carbocycles. The van der Waals surface area contributed by atoms with E-state index in [2.05, 4.69) is 25.9 Å². The van der Waals surface area contributed by atoms with Crippen molar-refractivity contribution in [3.63, 3.8) is 0 Å². The normalized spacial score (nSPS) is 18.4. The SMILES string of the molecule is O=C(OCc1ccccc1)N1C(c2nc3ccc(Br)cc3[nH]2)CSC1c1ccncc1. The number of hydrogen-bond acceptors (Lipinski definition) is 5. The van der Waals surface area contributed by atoms with Crippen molar-refractivity contribution in [1.29, 1.82) is 0 Å². The maximum absolute atomic E-state index is 13.3.